The summed E-state index contributed by atoms with van der Waals surface area (Å²) in [5.74, 6) is 0.433. The van der Waals surface area contributed by atoms with E-state index in [1.165, 1.54) is 11.3 Å². The number of nitrogens with one attached hydrogen (secondary N) is 1. The highest BCUT2D eigenvalue weighted by Gasteiger charge is 2.53. The van der Waals surface area contributed by atoms with Gasteiger partial charge in [0.05, 0.1) is 11.2 Å². The minimum atomic E-state index is -0.143. The minimum Gasteiger partial charge on any atom is -0.374 e. The van der Waals surface area contributed by atoms with Crippen molar-refractivity contribution < 1.29 is 4.74 Å². The highest BCUT2D eigenvalue weighted by atomic mass is 16.5. The Kier molecular flexibility index (Phi) is 4.36. The van der Waals surface area contributed by atoms with Crippen molar-refractivity contribution in [2.24, 2.45) is 5.92 Å². The van der Waals surface area contributed by atoms with E-state index >= 15 is 0 Å². The average molecular weight is 290 g/mol. The summed E-state index contributed by atoms with van der Waals surface area (Å²) in [5, 5.41) is 3.48. The fourth-order valence-corrected chi connectivity index (χ4v) is 3.96. The second-order valence-electron chi connectivity index (χ2n) is 7.35. The summed E-state index contributed by atoms with van der Waals surface area (Å²) in [5.41, 5.74) is 2.34. The summed E-state index contributed by atoms with van der Waals surface area (Å²) in [4.78, 5) is 2.36. The Morgan fingerprint density at radius 3 is 2.33 bits per heavy atom. The summed E-state index contributed by atoms with van der Waals surface area (Å²) >= 11 is 0. The van der Waals surface area contributed by atoms with Crippen molar-refractivity contribution in [3.05, 3.63) is 29.8 Å². The first-order chi connectivity index (χ1) is 9.69. The van der Waals surface area contributed by atoms with Crippen molar-refractivity contribution >= 4 is 5.69 Å². The van der Waals surface area contributed by atoms with E-state index in [9.17, 15) is 0 Å². The molecule has 0 saturated carbocycles. The molecular formula is C18H30N2O. The van der Waals surface area contributed by atoms with Gasteiger partial charge in [-0.05, 0) is 53.3 Å². The van der Waals surface area contributed by atoms with E-state index in [1.807, 2.05) is 7.05 Å². The number of para-hydroxylation sites is 1. The molecule has 0 bridgehead atoms. The molecule has 1 aromatic rings. The molecule has 1 saturated heterocycles. The third-order valence-corrected chi connectivity index (χ3v) is 4.88. The number of ether oxygens (including phenoxy) is 1. The lowest BCUT2D eigenvalue weighted by molar-refractivity contribution is -0.0768. The topological polar surface area (TPSA) is 24.5 Å². The number of anilines is 1. The van der Waals surface area contributed by atoms with Gasteiger partial charge in [0.2, 0.25) is 0 Å². The van der Waals surface area contributed by atoms with Crippen molar-refractivity contribution in [3.8, 4) is 0 Å². The molecule has 3 nitrogen and oxygen atoms in total. The van der Waals surface area contributed by atoms with Crippen LogP contribution in [0, 0.1) is 12.8 Å². The predicted octanol–water partition coefficient (Wildman–Crippen LogP) is 3.22. The van der Waals surface area contributed by atoms with E-state index in [0.29, 0.717) is 12.0 Å². The van der Waals surface area contributed by atoms with Gasteiger partial charge in [-0.15, -0.1) is 0 Å². The molecule has 21 heavy (non-hydrogen) atoms. The summed E-state index contributed by atoms with van der Waals surface area (Å²) < 4.78 is 6.33. The largest absolute Gasteiger partial charge is 0.374 e. The van der Waals surface area contributed by atoms with Crippen LogP contribution < -0.4 is 10.2 Å². The Balaban J connectivity index is 2.23. The van der Waals surface area contributed by atoms with Crippen LogP contribution in [-0.4, -0.2) is 37.9 Å². The Labute approximate surface area is 129 Å². The molecule has 1 aromatic carbocycles. The maximum absolute atomic E-state index is 6.33. The van der Waals surface area contributed by atoms with Gasteiger partial charge in [-0.25, -0.2) is 0 Å². The molecule has 2 rings (SSSR count). The number of hydrogen-bond donors (Lipinski definition) is 1. The molecule has 3 heteroatoms. The van der Waals surface area contributed by atoms with Gasteiger partial charge in [0.1, 0.15) is 0 Å². The van der Waals surface area contributed by atoms with Crippen molar-refractivity contribution in [2.75, 3.05) is 25.5 Å². The van der Waals surface area contributed by atoms with Crippen LogP contribution in [0.25, 0.3) is 0 Å². The second-order valence-corrected chi connectivity index (χ2v) is 7.35. The summed E-state index contributed by atoms with van der Waals surface area (Å²) in [6.45, 7) is 11.9. The van der Waals surface area contributed by atoms with Gasteiger partial charge in [0.25, 0.3) is 0 Å². The highest BCUT2D eigenvalue weighted by Crippen LogP contribution is 2.42. The molecule has 1 aliphatic rings. The average Bonchev–Trinajstić information content (AvgIpc) is 2.54. The zero-order valence-electron chi connectivity index (χ0n) is 14.5. The SMILES string of the molecule is CNC1C(CN(C)c2ccccc2C)C(C)(C)OC1(C)C. The van der Waals surface area contributed by atoms with E-state index in [0.717, 1.165) is 6.54 Å². The molecular weight excluding hydrogens is 260 g/mol. The van der Waals surface area contributed by atoms with Gasteiger partial charge in [0, 0.05) is 31.2 Å². The molecule has 0 aromatic heterocycles. The fraction of sp³-hybridized carbons (Fsp3) is 0.667. The summed E-state index contributed by atoms with van der Waals surface area (Å²) in [6, 6.07) is 8.90. The van der Waals surface area contributed by atoms with Crippen molar-refractivity contribution in [2.45, 2.75) is 51.9 Å². The van der Waals surface area contributed by atoms with Crippen molar-refractivity contribution in [1.82, 2.24) is 5.32 Å². The zero-order chi connectivity index (χ0) is 15.8. The molecule has 2 atom stereocenters. The maximum atomic E-state index is 6.33. The van der Waals surface area contributed by atoms with E-state index in [4.69, 9.17) is 4.74 Å². The number of rotatable bonds is 4. The molecule has 0 aliphatic carbocycles. The number of aryl methyl sites for hydroxylation is 1. The predicted molar refractivity (Wildman–Crippen MR) is 90.0 cm³/mol. The lowest BCUT2D eigenvalue weighted by Gasteiger charge is -2.34. The van der Waals surface area contributed by atoms with E-state index in [-0.39, 0.29) is 11.2 Å². The Bertz CT molecular complexity index is 496. The Morgan fingerprint density at radius 1 is 1.14 bits per heavy atom. The molecule has 1 fully saturated rings. The molecule has 1 heterocycles. The monoisotopic (exact) mass is 290 g/mol. The van der Waals surface area contributed by atoms with E-state index < -0.39 is 0 Å². The molecule has 0 radical (unpaired) electrons. The van der Waals surface area contributed by atoms with Crippen LogP contribution in [0.15, 0.2) is 24.3 Å². The smallest absolute Gasteiger partial charge is 0.0790 e. The lowest BCUT2D eigenvalue weighted by Crippen LogP contribution is -2.49. The van der Waals surface area contributed by atoms with Crippen LogP contribution in [0.1, 0.15) is 33.3 Å². The van der Waals surface area contributed by atoms with Crippen LogP contribution in [-0.2, 0) is 4.74 Å². The van der Waals surface area contributed by atoms with Crippen LogP contribution >= 0.6 is 0 Å². The third kappa shape index (κ3) is 3.09. The first-order valence-corrected chi connectivity index (χ1v) is 7.83. The summed E-state index contributed by atoms with van der Waals surface area (Å²) in [7, 11) is 4.22. The second kappa shape index (κ2) is 5.62. The molecule has 0 amide bonds. The number of likely N-dealkylation sites (N-methyl/N-ethyl adjacent to an activating group) is 1. The Hall–Kier alpha value is -1.06. The van der Waals surface area contributed by atoms with E-state index in [2.05, 4.69) is 76.1 Å². The number of hydrogen-bond acceptors (Lipinski definition) is 3. The first kappa shape index (κ1) is 16.3. The van der Waals surface area contributed by atoms with Crippen molar-refractivity contribution in [1.29, 1.82) is 0 Å². The van der Waals surface area contributed by atoms with Gasteiger partial charge >= 0.3 is 0 Å². The fourth-order valence-electron chi connectivity index (χ4n) is 3.96. The Morgan fingerprint density at radius 2 is 1.76 bits per heavy atom. The molecule has 1 aliphatic heterocycles. The van der Waals surface area contributed by atoms with Crippen LogP contribution in [0.3, 0.4) is 0 Å². The lowest BCUT2D eigenvalue weighted by atomic mass is 9.82. The van der Waals surface area contributed by atoms with Crippen LogP contribution in [0.2, 0.25) is 0 Å². The molecule has 118 valence electrons. The van der Waals surface area contributed by atoms with Crippen molar-refractivity contribution in [3.63, 3.8) is 0 Å². The first-order valence-electron chi connectivity index (χ1n) is 7.83. The zero-order valence-corrected chi connectivity index (χ0v) is 14.5. The normalized spacial score (nSPS) is 26.8. The standard InChI is InChI=1S/C18H30N2O/c1-13-10-8-9-11-15(13)20(7)12-14-16(19-6)18(4,5)21-17(14,2)3/h8-11,14,16,19H,12H2,1-7H3. The number of benzene rings is 1. The van der Waals surface area contributed by atoms with Crippen LogP contribution in [0.5, 0.6) is 0 Å². The molecule has 0 spiro atoms. The van der Waals surface area contributed by atoms with Gasteiger partial charge in [-0.1, -0.05) is 18.2 Å². The molecule has 1 N–H and O–H groups in total. The van der Waals surface area contributed by atoms with Crippen LogP contribution in [0.4, 0.5) is 5.69 Å². The molecule has 2 unspecified atom stereocenters. The van der Waals surface area contributed by atoms with Gasteiger partial charge in [-0.2, -0.15) is 0 Å². The minimum absolute atomic E-state index is 0.131. The van der Waals surface area contributed by atoms with Gasteiger partial charge in [0.15, 0.2) is 0 Å². The quantitative estimate of drug-likeness (QED) is 0.921. The third-order valence-electron chi connectivity index (χ3n) is 4.88. The summed E-state index contributed by atoms with van der Waals surface area (Å²) in [6.07, 6.45) is 0. The van der Waals surface area contributed by atoms with Gasteiger partial charge in [-0.3, -0.25) is 0 Å². The van der Waals surface area contributed by atoms with Gasteiger partial charge < -0.3 is 15.0 Å². The van der Waals surface area contributed by atoms with E-state index in [1.54, 1.807) is 0 Å². The maximum Gasteiger partial charge on any atom is 0.0790 e. The highest BCUT2D eigenvalue weighted by molar-refractivity contribution is 5.52. The number of nitrogens with zero attached hydrogens (tertiary/aromatic N) is 1.